The van der Waals surface area contributed by atoms with E-state index in [2.05, 4.69) is 140 Å². The molecule has 6 unspecified atom stereocenters. The Morgan fingerprint density at radius 3 is 1.41 bits per heavy atom. The first-order valence-electron chi connectivity index (χ1n) is 25.3. The third kappa shape index (κ3) is 37.4. The summed E-state index contributed by atoms with van der Waals surface area (Å²) in [5, 5.41) is 30.8. The van der Waals surface area contributed by atoms with E-state index in [1.807, 2.05) is 0 Å². The molecule has 4 N–H and O–H groups in total. The van der Waals surface area contributed by atoms with Crippen LogP contribution in [-0.4, -0.2) is 97.5 Å². The second-order valence-electron chi connectivity index (χ2n) is 16.6. The van der Waals surface area contributed by atoms with Crippen LogP contribution in [-0.2, 0) is 38.3 Å². The lowest BCUT2D eigenvalue weighted by Crippen LogP contribution is -2.60. The van der Waals surface area contributed by atoms with Gasteiger partial charge in [0, 0.05) is 13.0 Å². The molecule has 6 atom stereocenters. The second kappa shape index (κ2) is 44.7. The van der Waals surface area contributed by atoms with Crippen molar-refractivity contribution in [2.75, 3.05) is 26.4 Å². The smallest absolute Gasteiger partial charge is 0.397 e. The third-order valence-corrected chi connectivity index (χ3v) is 11.0. The number of allylic oxidation sites excluding steroid dienone is 20. The Balaban J connectivity index is 2.43. The molecule has 1 aliphatic heterocycles. The van der Waals surface area contributed by atoms with Crippen LogP contribution in [0.15, 0.2) is 122 Å². The van der Waals surface area contributed by atoms with Crippen molar-refractivity contribution in [2.24, 2.45) is 0 Å². The summed E-state index contributed by atoms with van der Waals surface area (Å²) in [7, 11) is -5.08. The Kier molecular flexibility index (Phi) is 41.1. The largest absolute Gasteiger partial charge is 0.457 e. The molecule has 13 heteroatoms. The molecule has 0 spiro atoms. The number of aliphatic hydroxyl groups excluding tert-OH is 3. The summed E-state index contributed by atoms with van der Waals surface area (Å²) in [6, 6.07) is 0. The van der Waals surface area contributed by atoms with Gasteiger partial charge in [-0.05, 0) is 103 Å². The van der Waals surface area contributed by atoms with E-state index in [1.54, 1.807) is 0 Å². The number of hydrogen-bond acceptors (Lipinski definition) is 11. The molecule has 1 heterocycles. The van der Waals surface area contributed by atoms with Gasteiger partial charge in [-0.2, -0.15) is 8.42 Å². The average Bonchev–Trinajstić information content (AvgIpc) is 3.31. The van der Waals surface area contributed by atoms with E-state index < -0.39 is 59.8 Å². The van der Waals surface area contributed by atoms with Crippen LogP contribution in [0, 0.1) is 0 Å². The van der Waals surface area contributed by atoms with Crippen molar-refractivity contribution >= 4 is 16.4 Å². The molecule has 0 aromatic carbocycles. The number of ether oxygens (including phenoxy) is 4. The predicted molar refractivity (Wildman–Crippen MR) is 275 cm³/mol. The Labute approximate surface area is 410 Å². The fourth-order valence-electron chi connectivity index (χ4n) is 6.84. The van der Waals surface area contributed by atoms with E-state index in [-0.39, 0.29) is 19.6 Å². The first-order valence-corrected chi connectivity index (χ1v) is 26.7. The lowest BCUT2D eigenvalue weighted by molar-refractivity contribution is -0.301. The van der Waals surface area contributed by atoms with Gasteiger partial charge in [0.25, 0.3) is 0 Å². The first kappa shape index (κ1) is 62.5. The Bertz CT molecular complexity index is 1640. The highest BCUT2D eigenvalue weighted by molar-refractivity contribution is 7.80. The summed E-state index contributed by atoms with van der Waals surface area (Å²) in [4.78, 5) is 12.9. The van der Waals surface area contributed by atoms with Crippen molar-refractivity contribution in [1.82, 2.24) is 0 Å². The summed E-state index contributed by atoms with van der Waals surface area (Å²) in [5.41, 5.74) is 0. The van der Waals surface area contributed by atoms with Gasteiger partial charge in [0.2, 0.25) is 0 Å². The van der Waals surface area contributed by atoms with Crippen LogP contribution in [0.2, 0.25) is 0 Å². The number of esters is 1. The van der Waals surface area contributed by atoms with Gasteiger partial charge in [0.05, 0.1) is 19.8 Å². The summed E-state index contributed by atoms with van der Waals surface area (Å²) in [5.74, 6) is -0.436. The minimum atomic E-state index is -5.08. The zero-order valence-electron chi connectivity index (χ0n) is 41.4. The molecule has 0 amide bonds. The van der Waals surface area contributed by atoms with Crippen LogP contribution in [0.1, 0.15) is 155 Å². The topological polar surface area (TPSA) is 178 Å². The van der Waals surface area contributed by atoms with Gasteiger partial charge < -0.3 is 34.3 Å². The van der Waals surface area contributed by atoms with Crippen LogP contribution >= 0.6 is 0 Å². The number of rotatable bonds is 42. The molecular formula is C55H88O12S. The Morgan fingerprint density at radius 2 is 0.971 bits per heavy atom. The van der Waals surface area contributed by atoms with E-state index in [9.17, 15) is 33.1 Å². The lowest BCUT2D eigenvalue weighted by atomic mass is 9.99. The fourth-order valence-corrected chi connectivity index (χ4v) is 7.35. The van der Waals surface area contributed by atoms with E-state index in [4.69, 9.17) is 18.9 Å². The van der Waals surface area contributed by atoms with Crippen molar-refractivity contribution in [3.05, 3.63) is 122 Å². The standard InChI is InChI=1S/C55H88O12S/c1-3-5-7-9-11-13-15-17-19-21-23-24-25-26-27-28-30-32-34-36-38-40-42-44-51(57)65-49(48-64-55-53(59)54(67-68(60,61)62)52(58)50(46-56)66-55)47-63-45-43-41-39-37-35-33-31-29-22-20-18-16-14-12-10-8-6-4-2/h5-8,11-14,17-20,23-24,26-27,29-32,49-50,52-56,58-59H,3-4,9-10,15-16,21-22,25,28,33-48H2,1-2H3,(H,60,61,62)/b7-5-,8-6-,13-11-,14-12-,19-17-,20-18-,24-23-,27-26-,31-29-,32-30-. The number of aliphatic hydroxyl groups is 3. The van der Waals surface area contributed by atoms with Crippen molar-refractivity contribution < 1.29 is 56.2 Å². The highest BCUT2D eigenvalue weighted by atomic mass is 32.3. The van der Waals surface area contributed by atoms with Crippen molar-refractivity contribution in [3.63, 3.8) is 0 Å². The molecule has 0 aliphatic carbocycles. The zero-order chi connectivity index (χ0) is 49.6. The van der Waals surface area contributed by atoms with E-state index in [1.165, 1.54) is 0 Å². The number of carbonyl (C=O) groups excluding carboxylic acids is 1. The molecule has 12 nitrogen and oxygen atoms in total. The van der Waals surface area contributed by atoms with Gasteiger partial charge in [-0.1, -0.05) is 167 Å². The second-order valence-corrected chi connectivity index (χ2v) is 17.7. The predicted octanol–water partition coefficient (Wildman–Crippen LogP) is 11.7. The third-order valence-electron chi connectivity index (χ3n) is 10.6. The summed E-state index contributed by atoms with van der Waals surface area (Å²) in [6.07, 6.45) is 55.1. The highest BCUT2D eigenvalue weighted by Crippen LogP contribution is 2.26. The summed E-state index contributed by atoms with van der Waals surface area (Å²) < 4.78 is 59.2. The molecule has 1 saturated heterocycles. The normalized spacial score (nSPS) is 20.4. The molecule has 0 aromatic heterocycles. The number of hydrogen-bond donors (Lipinski definition) is 4. The van der Waals surface area contributed by atoms with Crippen molar-refractivity contribution in [1.29, 1.82) is 0 Å². The zero-order valence-corrected chi connectivity index (χ0v) is 42.2. The number of unbranched alkanes of at least 4 members (excludes halogenated alkanes) is 9. The van der Waals surface area contributed by atoms with Crippen LogP contribution in [0.5, 0.6) is 0 Å². The average molecular weight is 973 g/mol. The lowest BCUT2D eigenvalue weighted by Gasteiger charge is -2.41. The maximum atomic E-state index is 12.9. The molecule has 1 rings (SSSR count). The van der Waals surface area contributed by atoms with Gasteiger partial charge in [-0.25, -0.2) is 4.18 Å². The Hall–Kier alpha value is -3.50. The van der Waals surface area contributed by atoms with Crippen molar-refractivity contribution in [3.8, 4) is 0 Å². The van der Waals surface area contributed by atoms with E-state index >= 15 is 0 Å². The highest BCUT2D eigenvalue weighted by Gasteiger charge is 2.48. The van der Waals surface area contributed by atoms with Gasteiger partial charge >= 0.3 is 16.4 Å². The van der Waals surface area contributed by atoms with E-state index in [0.717, 1.165) is 128 Å². The molecule has 0 saturated carbocycles. The monoisotopic (exact) mass is 973 g/mol. The minimum absolute atomic E-state index is 0.00332. The fraction of sp³-hybridized carbons (Fsp3) is 0.618. The van der Waals surface area contributed by atoms with Crippen LogP contribution in [0.3, 0.4) is 0 Å². The first-order chi connectivity index (χ1) is 33.1. The molecule has 0 bridgehead atoms. The maximum absolute atomic E-state index is 12.9. The van der Waals surface area contributed by atoms with Gasteiger partial charge in [0.1, 0.15) is 30.5 Å². The van der Waals surface area contributed by atoms with E-state index in [0.29, 0.717) is 13.0 Å². The number of carbonyl (C=O) groups is 1. The molecule has 386 valence electrons. The minimum Gasteiger partial charge on any atom is -0.457 e. The summed E-state index contributed by atoms with van der Waals surface area (Å²) >= 11 is 0. The van der Waals surface area contributed by atoms with Gasteiger partial charge in [0.15, 0.2) is 6.29 Å². The summed E-state index contributed by atoms with van der Waals surface area (Å²) in [6.45, 7) is 3.66. The molecule has 68 heavy (non-hydrogen) atoms. The quantitative estimate of drug-likeness (QED) is 0.0197. The van der Waals surface area contributed by atoms with Crippen molar-refractivity contribution in [2.45, 2.75) is 192 Å². The molecule has 1 aliphatic rings. The van der Waals surface area contributed by atoms with Gasteiger partial charge in [-0.15, -0.1) is 0 Å². The van der Waals surface area contributed by atoms with Gasteiger partial charge in [-0.3, -0.25) is 9.35 Å². The maximum Gasteiger partial charge on any atom is 0.397 e. The molecule has 0 radical (unpaired) electrons. The molecule has 0 aromatic rings. The molecular weight excluding hydrogens is 885 g/mol. The SMILES string of the molecule is CC/C=C\C/C=C\C/C=C\C/C=C\C/C=C\C/C=C\CCCCCCC(=O)OC(COCCCCCCC/C=C\C/C=C\C/C=C\C/C=C\CC)COC1OC(CO)C(O)C(OS(=O)(=O)O)C1O. The van der Waals surface area contributed by atoms with Crippen LogP contribution in [0.4, 0.5) is 0 Å². The van der Waals surface area contributed by atoms with Crippen LogP contribution < -0.4 is 0 Å². The Morgan fingerprint density at radius 1 is 0.559 bits per heavy atom. The van der Waals surface area contributed by atoms with Crippen LogP contribution in [0.25, 0.3) is 0 Å². The molecule has 1 fully saturated rings.